The zero-order chi connectivity index (χ0) is 39.1. The van der Waals surface area contributed by atoms with Gasteiger partial charge in [0.2, 0.25) is 0 Å². The Morgan fingerprint density at radius 2 is 1.15 bits per heavy atom. The molecule has 0 unspecified atom stereocenters. The molecule has 8 aromatic rings. The minimum atomic E-state index is -0.0183. The molecule has 2 heterocycles. The first kappa shape index (κ1) is 35.0. The molecule has 0 saturated heterocycles. The van der Waals surface area contributed by atoms with Crippen LogP contribution in [0, 0.1) is 0 Å². The summed E-state index contributed by atoms with van der Waals surface area (Å²) in [4.78, 5) is 15.0. The first-order valence-corrected chi connectivity index (χ1v) is 20.7. The molecule has 0 aliphatic heterocycles. The highest BCUT2D eigenvalue weighted by molar-refractivity contribution is 6.10. The molecule has 3 heteroatoms. The van der Waals surface area contributed by atoms with E-state index in [0.717, 1.165) is 65.1 Å². The summed E-state index contributed by atoms with van der Waals surface area (Å²) in [6.45, 7) is 0. The molecule has 11 rings (SSSR count). The SMILES string of the molecule is C1=Cc2cccc(-c3c4c(c(-c5cccc(-c6nc(-c7ccc(-c8cccnc8)cc7)cc(C7C=Cc8ccccc8C=C7)n6)c5)c5ccccc35)CCC=C4)c2CC1. The Labute approximate surface area is 345 Å². The Kier molecular flexibility index (Phi) is 8.85. The summed E-state index contributed by atoms with van der Waals surface area (Å²) in [7, 11) is 0. The third-order valence-electron chi connectivity index (χ3n) is 12.2. The maximum absolute atomic E-state index is 5.36. The molecule has 3 nitrogen and oxygen atoms in total. The minimum Gasteiger partial charge on any atom is -0.264 e. The Balaban J connectivity index is 1.07. The van der Waals surface area contributed by atoms with Crippen molar-refractivity contribution in [2.45, 2.75) is 31.6 Å². The monoisotopic (exact) mass is 755 g/mol. The predicted molar refractivity (Wildman–Crippen MR) is 246 cm³/mol. The van der Waals surface area contributed by atoms with Crippen LogP contribution in [-0.2, 0) is 12.8 Å². The van der Waals surface area contributed by atoms with Crippen molar-refractivity contribution in [1.82, 2.24) is 15.0 Å². The van der Waals surface area contributed by atoms with Gasteiger partial charge in [-0.1, -0.05) is 164 Å². The number of nitrogens with zero attached hydrogens (tertiary/aromatic N) is 3. The van der Waals surface area contributed by atoms with Crippen LogP contribution in [0.15, 0.2) is 170 Å². The molecule has 0 fully saturated rings. The molecule has 0 bridgehead atoms. The van der Waals surface area contributed by atoms with Crippen molar-refractivity contribution < 1.29 is 0 Å². The average molecular weight is 756 g/mol. The van der Waals surface area contributed by atoms with Crippen LogP contribution in [0.1, 0.15) is 57.8 Å². The van der Waals surface area contributed by atoms with Crippen LogP contribution < -0.4 is 0 Å². The van der Waals surface area contributed by atoms with Gasteiger partial charge in [0.05, 0.1) is 11.4 Å². The van der Waals surface area contributed by atoms with Crippen LogP contribution in [0.2, 0.25) is 0 Å². The van der Waals surface area contributed by atoms with Crippen LogP contribution in [0.5, 0.6) is 0 Å². The smallest absolute Gasteiger partial charge is 0.160 e. The maximum Gasteiger partial charge on any atom is 0.160 e. The van der Waals surface area contributed by atoms with Gasteiger partial charge in [-0.25, -0.2) is 9.97 Å². The Morgan fingerprint density at radius 1 is 0.475 bits per heavy atom. The molecule has 0 radical (unpaired) electrons. The quantitative estimate of drug-likeness (QED) is 0.170. The normalized spacial score (nSPS) is 14.2. The van der Waals surface area contributed by atoms with E-state index in [2.05, 4.69) is 181 Å². The summed E-state index contributed by atoms with van der Waals surface area (Å²) in [6.07, 6.45) is 26.2. The van der Waals surface area contributed by atoms with Gasteiger partial charge in [-0.3, -0.25) is 4.98 Å². The summed E-state index contributed by atoms with van der Waals surface area (Å²) in [5.74, 6) is 0.702. The van der Waals surface area contributed by atoms with E-state index in [0.29, 0.717) is 0 Å². The number of allylic oxidation sites excluding steroid dienone is 4. The highest BCUT2D eigenvalue weighted by Gasteiger charge is 2.24. The second kappa shape index (κ2) is 14.9. The third kappa shape index (κ3) is 6.46. The predicted octanol–water partition coefficient (Wildman–Crippen LogP) is 14.1. The fourth-order valence-electron chi connectivity index (χ4n) is 9.30. The van der Waals surface area contributed by atoms with Gasteiger partial charge in [0.1, 0.15) is 0 Å². The number of hydrogen-bond donors (Lipinski definition) is 0. The van der Waals surface area contributed by atoms with Gasteiger partial charge in [0.15, 0.2) is 5.82 Å². The lowest BCUT2D eigenvalue weighted by Gasteiger charge is -2.26. The van der Waals surface area contributed by atoms with Crippen molar-refractivity contribution in [3.05, 3.63) is 209 Å². The van der Waals surface area contributed by atoms with Gasteiger partial charge in [0, 0.05) is 29.4 Å². The Morgan fingerprint density at radius 3 is 1.95 bits per heavy atom. The van der Waals surface area contributed by atoms with E-state index < -0.39 is 0 Å². The second-order valence-electron chi connectivity index (χ2n) is 15.7. The average Bonchev–Trinajstić information content (AvgIpc) is 3.54. The number of aromatic nitrogens is 3. The molecular weight excluding hydrogens is 715 g/mol. The number of rotatable bonds is 6. The van der Waals surface area contributed by atoms with E-state index in [9.17, 15) is 0 Å². The zero-order valence-corrected chi connectivity index (χ0v) is 32.7. The number of pyridine rings is 1. The molecular formula is C56H41N3. The Hall–Kier alpha value is -7.23. The van der Waals surface area contributed by atoms with Gasteiger partial charge < -0.3 is 0 Å². The van der Waals surface area contributed by atoms with Gasteiger partial charge in [0.25, 0.3) is 0 Å². The third-order valence-corrected chi connectivity index (χ3v) is 12.2. The van der Waals surface area contributed by atoms with Crippen LogP contribution in [0.4, 0.5) is 0 Å². The van der Waals surface area contributed by atoms with Gasteiger partial charge in [-0.05, 0) is 121 Å². The van der Waals surface area contributed by atoms with Crippen molar-refractivity contribution in [3.63, 3.8) is 0 Å². The zero-order valence-electron chi connectivity index (χ0n) is 32.7. The van der Waals surface area contributed by atoms with Crippen LogP contribution in [0.3, 0.4) is 0 Å². The van der Waals surface area contributed by atoms with Crippen molar-refractivity contribution in [2.75, 3.05) is 0 Å². The van der Waals surface area contributed by atoms with E-state index in [1.807, 2.05) is 18.5 Å². The minimum absolute atomic E-state index is 0.0183. The number of fused-ring (bicyclic) bond motifs is 4. The molecule has 6 aromatic carbocycles. The fraction of sp³-hybridized carbons (Fsp3) is 0.0893. The topological polar surface area (TPSA) is 38.7 Å². The standard InChI is InChI=1S/C56H41N3/c1-2-13-38-26-30-41(29-25-37(38)12-1)52-35-53(42-31-27-39(28-32-42)45-18-11-33-57-36-45)59-56(58-52)44-17-9-16-43(34-44)54-48-20-5-7-22-50(48)55(51-23-8-6-21-49(51)54)47-24-10-15-40-14-3-4-19-46(40)47/h1-3,5,7-18,20,22-36,41H,4,6,19,21H2. The molecule has 3 aliphatic carbocycles. The first-order chi connectivity index (χ1) is 29.2. The highest BCUT2D eigenvalue weighted by Crippen LogP contribution is 2.47. The number of hydrogen-bond acceptors (Lipinski definition) is 3. The maximum atomic E-state index is 5.36. The Bertz CT molecular complexity index is 3010. The van der Waals surface area contributed by atoms with Gasteiger partial charge >= 0.3 is 0 Å². The molecule has 0 saturated carbocycles. The molecule has 0 spiro atoms. The second-order valence-corrected chi connectivity index (χ2v) is 15.7. The lowest BCUT2D eigenvalue weighted by Crippen LogP contribution is -2.05. The van der Waals surface area contributed by atoms with Crippen molar-refractivity contribution >= 4 is 35.1 Å². The van der Waals surface area contributed by atoms with Gasteiger partial charge in [-0.15, -0.1) is 0 Å². The van der Waals surface area contributed by atoms with Crippen LogP contribution >= 0.6 is 0 Å². The van der Waals surface area contributed by atoms with Crippen molar-refractivity contribution in [2.24, 2.45) is 0 Å². The van der Waals surface area contributed by atoms with Gasteiger partial charge in [-0.2, -0.15) is 0 Å². The van der Waals surface area contributed by atoms with E-state index in [1.165, 1.54) is 66.4 Å². The molecule has 3 aliphatic rings. The largest absolute Gasteiger partial charge is 0.264 e. The summed E-state index contributed by atoms with van der Waals surface area (Å²) < 4.78 is 0. The van der Waals surface area contributed by atoms with E-state index in [1.54, 1.807) is 0 Å². The molecule has 0 amide bonds. The highest BCUT2D eigenvalue weighted by atomic mass is 14.9. The summed E-state index contributed by atoms with van der Waals surface area (Å²) in [5, 5.41) is 2.58. The van der Waals surface area contributed by atoms with E-state index >= 15 is 0 Å². The fourth-order valence-corrected chi connectivity index (χ4v) is 9.30. The molecule has 0 N–H and O–H groups in total. The van der Waals surface area contributed by atoms with E-state index in [4.69, 9.17) is 9.97 Å². The summed E-state index contributed by atoms with van der Waals surface area (Å²) in [6, 6.07) is 48.2. The molecule has 0 atom stereocenters. The van der Waals surface area contributed by atoms with Crippen LogP contribution in [-0.4, -0.2) is 15.0 Å². The van der Waals surface area contributed by atoms with Crippen molar-refractivity contribution in [1.29, 1.82) is 0 Å². The lowest BCUT2D eigenvalue weighted by atomic mass is 9.78. The van der Waals surface area contributed by atoms with Crippen molar-refractivity contribution in [3.8, 4) is 56.0 Å². The molecule has 280 valence electrons. The summed E-state index contributed by atoms with van der Waals surface area (Å²) in [5.41, 5.74) is 19.3. The molecule has 2 aromatic heterocycles. The molecule has 59 heavy (non-hydrogen) atoms. The number of benzene rings is 6. The van der Waals surface area contributed by atoms with E-state index in [-0.39, 0.29) is 5.92 Å². The first-order valence-electron chi connectivity index (χ1n) is 20.7. The van der Waals surface area contributed by atoms with Crippen LogP contribution in [0.25, 0.3) is 91.1 Å². The summed E-state index contributed by atoms with van der Waals surface area (Å²) >= 11 is 0. The lowest BCUT2D eigenvalue weighted by molar-refractivity contribution is 0.980.